The van der Waals surface area contributed by atoms with Gasteiger partial charge < -0.3 is 19.8 Å². The fourth-order valence-electron chi connectivity index (χ4n) is 2.59. The molecule has 0 unspecified atom stereocenters. The Labute approximate surface area is 153 Å². The minimum atomic E-state index is -1.08. The fourth-order valence-corrected chi connectivity index (χ4v) is 2.59. The Morgan fingerprint density at radius 3 is 2.63 bits per heavy atom. The Morgan fingerprint density at radius 1 is 1.11 bits per heavy atom. The summed E-state index contributed by atoms with van der Waals surface area (Å²) in [4.78, 5) is 24.3. The maximum Gasteiger partial charge on any atom is 0.287 e. The van der Waals surface area contributed by atoms with Crippen molar-refractivity contribution < 1.29 is 27.5 Å². The van der Waals surface area contributed by atoms with E-state index in [1.165, 1.54) is 13.2 Å². The van der Waals surface area contributed by atoms with Crippen LogP contribution in [0.4, 0.5) is 14.5 Å². The topological polar surface area (TPSA) is 80.6 Å². The highest BCUT2D eigenvalue weighted by Crippen LogP contribution is 2.26. The van der Waals surface area contributed by atoms with Gasteiger partial charge in [0.15, 0.2) is 17.4 Å². The molecule has 0 atom stereocenters. The normalized spacial score (nSPS) is 10.8. The number of ether oxygens (including phenoxy) is 1. The average molecular weight is 374 g/mol. The molecule has 0 radical (unpaired) electrons. The second-order valence-corrected chi connectivity index (χ2v) is 5.70. The molecule has 6 nitrogen and oxygen atoms in total. The van der Waals surface area contributed by atoms with Gasteiger partial charge in [0.05, 0.1) is 13.2 Å². The maximum atomic E-state index is 13.2. The largest absolute Gasteiger partial charge is 0.451 e. The van der Waals surface area contributed by atoms with Crippen molar-refractivity contribution >= 4 is 28.5 Å². The van der Waals surface area contributed by atoms with E-state index in [0.717, 1.165) is 17.5 Å². The van der Waals surface area contributed by atoms with E-state index in [0.29, 0.717) is 11.1 Å². The number of furan rings is 1. The van der Waals surface area contributed by atoms with Crippen LogP contribution in [0.1, 0.15) is 16.1 Å². The molecular formula is C19H16F2N2O4. The van der Waals surface area contributed by atoms with Crippen LogP contribution in [0.25, 0.3) is 11.0 Å². The first-order valence-electron chi connectivity index (χ1n) is 8.02. The lowest BCUT2D eigenvalue weighted by atomic mass is 10.1. The molecule has 8 heteroatoms. The summed E-state index contributed by atoms with van der Waals surface area (Å²) in [6.45, 7) is -0.206. The predicted molar refractivity (Wildman–Crippen MR) is 94.2 cm³/mol. The highest BCUT2D eigenvalue weighted by Gasteiger charge is 2.20. The Bertz CT molecular complexity index is 1000. The third kappa shape index (κ3) is 4.12. The summed E-state index contributed by atoms with van der Waals surface area (Å²) in [6, 6.07) is 10.1. The zero-order valence-electron chi connectivity index (χ0n) is 14.3. The number of hydrogen-bond donors (Lipinski definition) is 2. The lowest BCUT2D eigenvalue weighted by molar-refractivity contribution is -0.115. The predicted octanol–water partition coefficient (Wildman–Crippen LogP) is 3.23. The van der Waals surface area contributed by atoms with E-state index in [1.54, 1.807) is 18.2 Å². The molecule has 0 aliphatic heterocycles. The first kappa shape index (κ1) is 18.5. The van der Waals surface area contributed by atoms with Gasteiger partial charge in [-0.3, -0.25) is 9.59 Å². The molecule has 0 aliphatic carbocycles. The molecule has 0 saturated carbocycles. The van der Waals surface area contributed by atoms with Crippen molar-refractivity contribution in [3.8, 4) is 0 Å². The van der Waals surface area contributed by atoms with Crippen LogP contribution >= 0.6 is 0 Å². The summed E-state index contributed by atoms with van der Waals surface area (Å²) < 4.78 is 36.8. The van der Waals surface area contributed by atoms with E-state index in [1.807, 2.05) is 6.07 Å². The summed E-state index contributed by atoms with van der Waals surface area (Å²) in [5.74, 6) is -3.23. The van der Waals surface area contributed by atoms with Crippen LogP contribution < -0.4 is 10.6 Å². The Balaban J connectivity index is 1.68. The number of carbonyl (C=O) groups excluding carboxylic acids is 2. The number of anilines is 1. The molecule has 0 saturated heterocycles. The Kier molecular flexibility index (Phi) is 5.46. The van der Waals surface area contributed by atoms with E-state index >= 15 is 0 Å². The number of methoxy groups -OCH3 is 1. The fraction of sp³-hybridized carbons (Fsp3) is 0.158. The summed E-state index contributed by atoms with van der Waals surface area (Å²) in [5, 5.41) is 5.55. The van der Waals surface area contributed by atoms with Crippen molar-refractivity contribution in [2.75, 3.05) is 19.0 Å². The van der Waals surface area contributed by atoms with Gasteiger partial charge in [0.1, 0.15) is 5.58 Å². The smallest absolute Gasteiger partial charge is 0.287 e. The zero-order valence-corrected chi connectivity index (χ0v) is 14.3. The van der Waals surface area contributed by atoms with Gasteiger partial charge in [-0.15, -0.1) is 0 Å². The minimum absolute atomic E-state index is 0.0543. The quantitative estimate of drug-likeness (QED) is 0.694. The van der Waals surface area contributed by atoms with Crippen LogP contribution in [0.3, 0.4) is 0 Å². The monoisotopic (exact) mass is 374 g/mol. The number of halogens is 2. The summed E-state index contributed by atoms with van der Waals surface area (Å²) in [5.41, 5.74) is 1.18. The number of carbonyl (C=O) groups is 2. The third-order valence-corrected chi connectivity index (χ3v) is 3.81. The summed E-state index contributed by atoms with van der Waals surface area (Å²) in [6.07, 6.45) is 0. The summed E-state index contributed by atoms with van der Waals surface area (Å²) >= 11 is 0. The molecule has 0 aliphatic rings. The third-order valence-electron chi connectivity index (χ3n) is 3.81. The van der Waals surface area contributed by atoms with Gasteiger partial charge in [-0.05, 0) is 18.2 Å². The van der Waals surface area contributed by atoms with Crippen LogP contribution in [-0.2, 0) is 16.1 Å². The number of amides is 2. The molecule has 2 amide bonds. The second-order valence-electron chi connectivity index (χ2n) is 5.70. The van der Waals surface area contributed by atoms with Crippen LogP contribution in [0.15, 0.2) is 46.9 Å². The molecule has 1 aromatic heterocycles. The molecule has 2 N–H and O–H groups in total. The molecule has 140 valence electrons. The lowest BCUT2D eigenvalue weighted by Gasteiger charge is -2.07. The van der Waals surface area contributed by atoms with Crippen molar-refractivity contribution in [3.05, 3.63) is 65.4 Å². The first-order valence-corrected chi connectivity index (χ1v) is 8.02. The van der Waals surface area contributed by atoms with Crippen molar-refractivity contribution in [3.63, 3.8) is 0 Å². The SMILES string of the molecule is COCc1c(C(=O)NCC(=O)Nc2ccc(F)c(F)c2)oc2ccccc12. The standard InChI is InChI=1S/C19H16F2N2O4/c1-26-10-13-12-4-2-3-5-16(12)27-18(13)19(25)22-9-17(24)23-11-6-7-14(20)15(21)8-11/h2-8H,9-10H2,1H3,(H,22,25)(H,23,24). The molecular weight excluding hydrogens is 358 g/mol. The highest BCUT2D eigenvalue weighted by molar-refractivity contribution is 6.01. The Hall–Kier alpha value is -3.26. The van der Waals surface area contributed by atoms with Gasteiger partial charge in [0.25, 0.3) is 5.91 Å². The van der Waals surface area contributed by atoms with Gasteiger partial charge in [0, 0.05) is 29.8 Å². The average Bonchev–Trinajstić information content (AvgIpc) is 3.02. The highest BCUT2D eigenvalue weighted by atomic mass is 19.2. The second kappa shape index (κ2) is 7.96. The Morgan fingerprint density at radius 2 is 1.89 bits per heavy atom. The zero-order chi connectivity index (χ0) is 19.4. The molecule has 0 spiro atoms. The van der Waals surface area contributed by atoms with E-state index < -0.39 is 23.4 Å². The number of fused-ring (bicyclic) bond motifs is 1. The molecule has 0 fully saturated rings. The van der Waals surface area contributed by atoms with Gasteiger partial charge in [-0.1, -0.05) is 18.2 Å². The van der Waals surface area contributed by atoms with E-state index in [9.17, 15) is 18.4 Å². The number of para-hydroxylation sites is 1. The minimum Gasteiger partial charge on any atom is -0.451 e. The van der Waals surface area contributed by atoms with E-state index in [-0.39, 0.29) is 24.6 Å². The first-order chi connectivity index (χ1) is 13.0. The van der Waals surface area contributed by atoms with Crippen LogP contribution in [0.2, 0.25) is 0 Å². The number of nitrogens with one attached hydrogen (secondary N) is 2. The van der Waals surface area contributed by atoms with Crippen molar-refractivity contribution in [1.29, 1.82) is 0 Å². The molecule has 1 heterocycles. The van der Waals surface area contributed by atoms with E-state index in [4.69, 9.17) is 9.15 Å². The van der Waals surface area contributed by atoms with Crippen LogP contribution in [-0.4, -0.2) is 25.5 Å². The van der Waals surface area contributed by atoms with Crippen LogP contribution in [0.5, 0.6) is 0 Å². The number of hydrogen-bond acceptors (Lipinski definition) is 4. The molecule has 3 aromatic rings. The molecule has 0 bridgehead atoms. The molecule has 2 aromatic carbocycles. The van der Waals surface area contributed by atoms with Gasteiger partial charge in [0.2, 0.25) is 5.91 Å². The van der Waals surface area contributed by atoms with Crippen molar-refractivity contribution in [1.82, 2.24) is 5.32 Å². The van der Waals surface area contributed by atoms with Gasteiger partial charge >= 0.3 is 0 Å². The molecule has 3 rings (SSSR count). The van der Waals surface area contributed by atoms with E-state index in [2.05, 4.69) is 10.6 Å². The number of rotatable bonds is 6. The van der Waals surface area contributed by atoms with Crippen molar-refractivity contribution in [2.45, 2.75) is 6.61 Å². The maximum absolute atomic E-state index is 13.2. The van der Waals surface area contributed by atoms with Crippen molar-refractivity contribution in [2.24, 2.45) is 0 Å². The van der Waals surface area contributed by atoms with Gasteiger partial charge in [-0.25, -0.2) is 8.78 Å². The summed E-state index contributed by atoms with van der Waals surface area (Å²) in [7, 11) is 1.50. The lowest BCUT2D eigenvalue weighted by Crippen LogP contribution is -2.33. The van der Waals surface area contributed by atoms with Crippen LogP contribution in [0, 0.1) is 11.6 Å². The molecule has 27 heavy (non-hydrogen) atoms. The van der Waals surface area contributed by atoms with Gasteiger partial charge in [-0.2, -0.15) is 0 Å². The number of benzene rings is 2.